The molecule has 0 atom stereocenters. The Balaban J connectivity index is 2.32. The van der Waals surface area contributed by atoms with Crippen molar-refractivity contribution in [1.82, 2.24) is 0 Å². The van der Waals surface area contributed by atoms with Gasteiger partial charge in [-0.05, 0) is 0 Å². The SMILES string of the molecule is [Br][PbH]([Br])[Br]. The van der Waals surface area contributed by atoms with E-state index in [9.17, 15) is 0 Å². The van der Waals surface area contributed by atoms with Crippen molar-refractivity contribution in [2.75, 3.05) is 0 Å². The zero-order chi connectivity index (χ0) is 3.58. The van der Waals surface area contributed by atoms with Gasteiger partial charge in [-0.1, -0.05) is 0 Å². The van der Waals surface area contributed by atoms with Crippen molar-refractivity contribution in [2.24, 2.45) is 0 Å². The summed E-state index contributed by atoms with van der Waals surface area (Å²) in [4.78, 5) is 0. The van der Waals surface area contributed by atoms with Crippen LogP contribution in [0.2, 0.25) is 0 Å². The molecule has 4 heteroatoms. The van der Waals surface area contributed by atoms with E-state index in [4.69, 9.17) is 0 Å². The normalized spacial score (nSPS) is 9.00. The van der Waals surface area contributed by atoms with Crippen LogP contribution >= 0.6 is 36.0 Å². The van der Waals surface area contributed by atoms with Gasteiger partial charge in [-0.2, -0.15) is 0 Å². The van der Waals surface area contributed by atoms with Crippen LogP contribution in [-0.2, 0) is 0 Å². The van der Waals surface area contributed by atoms with Gasteiger partial charge in [-0.3, -0.25) is 0 Å². The third-order valence-electron chi connectivity index (χ3n) is 0. The van der Waals surface area contributed by atoms with E-state index in [2.05, 4.69) is 36.0 Å². The van der Waals surface area contributed by atoms with Gasteiger partial charge in [0.1, 0.15) is 0 Å². The fourth-order valence-electron chi connectivity index (χ4n) is 0. The van der Waals surface area contributed by atoms with Crippen molar-refractivity contribution in [3.05, 3.63) is 0 Å². The summed E-state index contributed by atoms with van der Waals surface area (Å²) in [7, 11) is 0. The Kier molecular flexibility index (Phi) is 5.64. The van der Waals surface area contributed by atoms with E-state index in [0.717, 1.165) is 0 Å². The maximum atomic E-state index is 3.33. The second-order valence-corrected chi connectivity index (χ2v) is 58.6. The summed E-state index contributed by atoms with van der Waals surface area (Å²) in [6, 6.07) is 0. The number of hydrogen-bond acceptors (Lipinski definition) is 0. The van der Waals surface area contributed by atoms with Gasteiger partial charge in [0, 0.05) is 0 Å². The fraction of sp³-hybridized carbons (Fsp3) is 0. The molecule has 0 nitrogen and oxygen atoms in total. The molecule has 0 radical (unpaired) electrons. The van der Waals surface area contributed by atoms with Crippen LogP contribution < -0.4 is 0 Å². The molecule has 0 aliphatic rings. The first kappa shape index (κ1) is 6.36. The molecule has 0 amide bonds. The molecule has 0 aliphatic heterocycles. The Hall–Kier alpha value is 2.36. The standard InChI is InChI=1S/3BrH.Pb.H/h3*1H;;/q;;;+3;/p-3. The molecule has 0 aromatic heterocycles. The van der Waals surface area contributed by atoms with Gasteiger partial charge in [0.2, 0.25) is 0 Å². The third-order valence-corrected chi connectivity index (χ3v) is 0. The molecule has 0 spiro atoms. The van der Waals surface area contributed by atoms with Crippen molar-refractivity contribution >= 4 is 51.4 Å². The quantitative estimate of drug-likeness (QED) is 0.498. The molecule has 26 valence electrons. The monoisotopic (exact) mass is 446 g/mol. The molecular formula is HBr3Pb. The number of rotatable bonds is 0. The second-order valence-electron chi connectivity index (χ2n) is 0.247. The molecule has 0 saturated heterocycles. The van der Waals surface area contributed by atoms with Gasteiger partial charge < -0.3 is 0 Å². The predicted molar refractivity (Wildman–Crippen MR) is 33.9 cm³/mol. The zero-order valence-electron chi connectivity index (χ0n) is 1.71. The Morgan fingerprint density at radius 2 is 1.00 bits per heavy atom. The maximum absolute atomic E-state index is 3.33. The van der Waals surface area contributed by atoms with Crippen LogP contribution in [0.3, 0.4) is 0 Å². The molecule has 0 unspecified atom stereocenters. The summed E-state index contributed by atoms with van der Waals surface area (Å²) in [5.74, 6) is 0. The summed E-state index contributed by atoms with van der Waals surface area (Å²) in [6.45, 7) is 0. The molecule has 0 aromatic rings. The first-order valence-electron chi connectivity index (χ1n) is 0.655. The van der Waals surface area contributed by atoms with E-state index in [0.29, 0.717) is 0 Å². The summed E-state index contributed by atoms with van der Waals surface area (Å²) in [5, 5.41) is 0. The predicted octanol–water partition coefficient (Wildman–Crippen LogP) is 1.89. The van der Waals surface area contributed by atoms with E-state index in [1.807, 2.05) is 0 Å². The van der Waals surface area contributed by atoms with Crippen LogP contribution in [0.25, 0.3) is 0 Å². The van der Waals surface area contributed by atoms with Gasteiger partial charge in [0.05, 0.1) is 0 Å². The molecule has 0 rings (SSSR count). The molecule has 0 N–H and O–H groups in total. The topological polar surface area (TPSA) is 0 Å². The van der Waals surface area contributed by atoms with E-state index >= 15 is 0 Å². The first-order valence-corrected chi connectivity index (χ1v) is 29.8. The third kappa shape index (κ3) is 8.84. The van der Waals surface area contributed by atoms with Crippen LogP contribution in [0.15, 0.2) is 0 Å². The van der Waals surface area contributed by atoms with Crippen molar-refractivity contribution in [2.45, 2.75) is 0 Å². The van der Waals surface area contributed by atoms with E-state index < -0.39 is 15.5 Å². The molecule has 0 bridgehead atoms. The van der Waals surface area contributed by atoms with Crippen molar-refractivity contribution in [3.63, 3.8) is 0 Å². The molecule has 4 heavy (non-hydrogen) atoms. The second kappa shape index (κ2) is 3.55. The van der Waals surface area contributed by atoms with Crippen LogP contribution in [-0.4, -0.2) is 15.5 Å². The van der Waals surface area contributed by atoms with Gasteiger partial charge in [-0.25, -0.2) is 0 Å². The van der Waals surface area contributed by atoms with Gasteiger partial charge >= 0.3 is 51.4 Å². The molecule has 0 heterocycles. The average molecular weight is 448 g/mol. The van der Waals surface area contributed by atoms with Gasteiger partial charge in [0.15, 0.2) is 0 Å². The van der Waals surface area contributed by atoms with E-state index in [-0.39, 0.29) is 0 Å². The fourth-order valence-corrected chi connectivity index (χ4v) is 0. The Morgan fingerprint density at radius 1 is 1.00 bits per heavy atom. The molecule has 0 saturated carbocycles. The summed E-state index contributed by atoms with van der Waals surface area (Å²) >= 11 is 8.69. The Morgan fingerprint density at radius 3 is 1.00 bits per heavy atom. The number of hydrogen-bond donors (Lipinski definition) is 0. The van der Waals surface area contributed by atoms with E-state index in [1.54, 1.807) is 0 Å². The van der Waals surface area contributed by atoms with E-state index in [1.165, 1.54) is 0 Å². The van der Waals surface area contributed by atoms with Crippen LogP contribution in [0.5, 0.6) is 0 Å². The molecule has 0 fully saturated rings. The van der Waals surface area contributed by atoms with Gasteiger partial charge in [0.25, 0.3) is 0 Å². The molecule has 0 aromatic carbocycles. The summed E-state index contributed by atoms with van der Waals surface area (Å²) in [6.07, 6.45) is 0. The van der Waals surface area contributed by atoms with Crippen LogP contribution in [0.4, 0.5) is 0 Å². The minimum absolute atomic E-state index is 1.28. The first-order chi connectivity index (χ1) is 1.73. The zero-order valence-corrected chi connectivity index (χ0v) is 11.0. The molecule has 0 aliphatic carbocycles. The summed E-state index contributed by atoms with van der Waals surface area (Å²) in [5.41, 5.74) is 0. The van der Waals surface area contributed by atoms with Gasteiger partial charge in [-0.15, -0.1) is 0 Å². The average Bonchev–Trinajstić information content (AvgIpc) is 0.811. The Labute approximate surface area is 50.4 Å². The minimum atomic E-state index is -1.28. The van der Waals surface area contributed by atoms with Crippen LogP contribution in [0, 0.1) is 0 Å². The van der Waals surface area contributed by atoms with Crippen molar-refractivity contribution in [3.8, 4) is 0 Å². The van der Waals surface area contributed by atoms with Crippen LogP contribution in [0.1, 0.15) is 0 Å². The Bertz CT molecular complexity index is 8.00. The van der Waals surface area contributed by atoms with Crippen molar-refractivity contribution in [1.29, 1.82) is 0 Å². The molecular weight excluding hydrogens is 447 g/mol. The summed E-state index contributed by atoms with van der Waals surface area (Å²) < 4.78 is 0. The van der Waals surface area contributed by atoms with Crippen molar-refractivity contribution < 1.29 is 0 Å². The number of halogens is 3.